The van der Waals surface area contributed by atoms with Crippen LogP contribution in [0.1, 0.15) is 32.1 Å². The molecule has 2 nitrogen and oxygen atoms in total. The number of hydrogen-bond acceptors (Lipinski definition) is 2. The minimum Gasteiger partial charge on any atom is -0.392 e. The van der Waals surface area contributed by atoms with Crippen LogP contribution in [0.4, 0.5) is 0 Å². The van der Waals surface area contributed by atoms with Crippen molar-refractivity contribution in [2.24, 2.45) is 17.8 Å². The summed E-state index contributed by atoms with van der Waals surface area (Å²) in [6.07, 6.45) is 5.08. The average Bonchev–Trinajstić information content (AvgIpc) is 2.30. The van der Waals surface area contributed by atoms with Crippen LogP contribution < -0.4 is 0 Å². The van der Waals surface area contributed by atoms with Gasteiger partial charge in [0, 0.05) is 5.92 Å². The Labute approximate surface area is 72.6 Å². The lowest BCUT2D eigenvalue weighted by atomic mass is 9.59. The predicted molar refractivity (Wildman–Crippen MR) is 44.5 cm³/mol. The van der Waals surface area contributed by atoms with Gasteiger partial charge in [-0.25, -0.2) is 0 Å². The zero-order valence-corrected chi connectivity index (χ0v) is 7.24. The molecule has 2 N–H and O–H groups in total. The van der Waals surface area contributed by atoms with Crippen LogP contribution >= 0.6 is 0 Å². The summed E-state index contributed by atoms with van der Waals surface area (Å²) >= 11 is 0. The van der Waals surface area contributed by atoms with Crippen LogP contribution in [0.2, 0.25) is 0 Å². The molecule has 1 unspecified atom stereocenters. The van der Waals surface area contributed by atoms with Gasteiger partial charge in [0.25, 0.3) is 0 Å². The first-order valence-electron chi connectivity index (χ1n) is 5.12. The molecule has 12 heavy (non-hydrogen) atoms. The largest absolute Gasteiger partial charge is 0.392 e. The van der Waals surface area contributed by atoms with Crippen LogP contribution in [0.3, 0.4) is 0 Å². The Kier molecular flexibility index (Phi) is 1.25. The molecular formula is C10H16O2. The summed E-state index contributed by atoms with van der Waals surface area (Å²) in [5.41, 5.74) is -0.464. The maximum atomic E-state index is 10.3. The molecule has 4 fully saturated rings. The molecule has 2 heteroatoms. The Balaban J connectivity index is 2.03. The van der Waals surface area contributed by atoms with Crippen molar-refractivity contribution < 1.29 is 10.2 Å². The zero-order chi connectivity index (χ0) is 8.34. The smallest absolute Gasteiger partial charge is 0.0728 e. The van der Waals surface area contributed by atoms with Crippen molar-refractivity contribution in [2.45, 2.75) is 43.8 Å². The topological polar surface area (TPSA) is 40.5 Å². The van der Waals surface area contributed by atoms with Crippen LogP contribution in [0, 0.1) is 17.8 Å². The molecule has 0 aromatic heterocycles. The number of aliphatic hydroxyl groups excluding tert-OH is 1. The fraction of sp³-hybridized carbons (Fsp3) is 1.00. The standard InChI is InChI=1S/C10H16O2/c11-9-6-3-4-10(12)7(5-6)1-2-8(9)10/h6-9,11-12H,1-5H2/t6-,7?,8+,9+,10-/m0/s1. The summed E-state index contributed by atoms with van der Waals surface area (Å²) in [5.74, 6) is 1.25. The third-order valence-corrected chi connectivity index (χ3v) is 4.57. The van der Waals surface area contributed by atoms with Crippen LogP contribution in [-0.2, 0) is 0 Å². The highest BCUT2D eigenvalue weighted by Crippen LogP contribution is 2.58. The Hall–Kier alpha value is -0.0800. The molecule has 4 bridgehead atoms. The number of fused-ring (bicyclic) bond motifs is 1. The fourth-order valence-electron chi connectivity index (χ4n) is 3.90. The van der Waals surface area contributed by atoms with Crippen LogP contribution in [-0.4, -0.2) is 21.9 Å². The van der Waals surface area contributed by atoms with E-state index >= 15 is 0 Å². The maximum absolute atomic E-state index is 10.3. The summed E-state index contributed by atoms with van der Waals surface area (Å²) in [5, 5.41) is 20.2. The number of rotatable bonds is 0. The molecule has 0 aromatic carbocycles. The van der Waals surface area contributed by atoms with Gasteiger partial charge in [-0.1, -0.05) is 0 Å². The minimum atomic E-state index is -0.464. The van der Waals surface area contributed by atoms with E-state index in [4.69, 9.17) is 0 Å². The van der Waals surface area contributed by atoms with E-state index in [0.717, 1.165) is 32.1 Å². The molecular weight excluding hydrogens is 152 g/mol. The van der Waals surface area contributed by atoms with Crippen molar-refractivity contribution in [3.05, 3.63) is 0 Å². The summed E-state index contributed by atoms with van der Waals surface area (Å²) in [6.45, 7) is 0. The van der Waals surface area contributed by atoms with E-state index in [-0.39, 0.29) is 12.0 Å². The van der Waals surface area contributed by atoms with Gasteiger partial charge in [-0.15, -0.1) is 0 Å². The number of aliphatic hydroxyl groups is 2. The lowest BCUT2D eigenvalue weighted by molar-refractivity contribution is -0.170. The molecule has 0 amide bonds. The first-order chi connectivity index (χ1) is 5.72. The molecule has 5 atom stereocenters. The van der Waals surface area contributed by atoms with Crippen molar-refractivity contribution in [1.29, 1.82) is 0 Å². The molecule has 4 aliphatic rings. The second-order valence-corrected chi connectivity index (χ2v) is 4.90. The van der Waals surface area contributed by atoms with Crippen molar-refractivity contribution in [2.75, 3.05) is 0 Å². The lowest BCUT2D eigenvalue weighted by Gasteiger charge is -2.51. The van der Waals surface area contributed by atoms with Gasteiger partial charge in [-0.2, -0.15) is 0 Å². The van der Waals surface area contributed by atoms with Crippen molar-refractivity contribution in [3.8, 4) is 0 Å². The van der Waals surface area contributed by atoms with E-state index in [1.54, 1.807) is 0 Å². The van der Waals surface area contributed by atoms with Crippen molar-refractivity contribution in [3.63, 3.8) is 0 Å². The molecule has 0 spiro atoms. The maximum Gasteiger partial charge on any atom is 0.0728 e. The van der Waals surface area contributed by atoms with E-state index in [2.05, 4.69) is 0 Å². The number of hydrogen-bond donors (Lipinski definition) is 2. The molecule has 0 aliphatic heterocycles. The Bertz CT molecular complexity index is 216. The third kappa shape index (κ3) is 0.647. The second kappa shape index (κ2) is 2.05. The first kappa shape index (κ1) is 7.34. The van der Waals surface area contributed by atoms with Crippen molar-refractivity contribution in [1.82, 2.24) is 0 Å². The highest BCUT2D eigenvalue weighted by molar-refractivity contribution is 5.11. The third-order valence-electron chi connectivity index (χ3n) is 4.57. The van der Waals surface area contributed by atoms with Gasteiger partial charge in [-0.3, -0.25) is 0 Å². The van der Waals surface area contributed by atoms with Gasteiger partial charge in [0.05, 0.1) is 11.7 Å². The van der Waals surface area contributed by atoms with Gasteiger partial charge in [0.2, 0.25) is 0 Å². The summed E-state index contributed by atoms with van der Waals surface area (Å²) in [7, 11) is 0. The normalized spacial score (nSPS) is 62.5. The fourth-order valence-corrected chi connectivity index (χ4v) is 3.90. The van der Waals surface area contributed by atoms with Crippen LogP contribution in [0.15, 0.2) is 0 Å². The van der Waals surface area contributed by atoms with Gasteiger partial charge in [0.15, 0.2) is 0 Å². The molecule has 0 heterocycles. The molecule has 68 valence electrons. The first-order valence-corrected chi connectivity index (χ1v) is 5.12. The van der Waals surface area contributed by atoms with E-state index in [0.29, 0.717) is 11.8 Å². The van der Waals surface area contributed by atoms with Crippen molar-refractivity contribution >= 4 is 0 Å². The second-order valence-electron chi connectivity index (χ2n) is 4.90. The molecule has 0 radical (unpaired) electrons. The summed E-state index contributed by atoms with van der Waals surface area (Å²) in [4.78, 5) is 0. The van der Waals surface area contributed by atoms with E-state index in [1.807, 2.05) is 0 Å². The predicted octanol–water partition coefficient (Wildman–Crippen LogP) is 0.918. The van der Waals surface area contributed by atoms with E-state index in [9.17, 15) is 10.2 Å². The molecule has 4 aliphatic carbocycles. The Morgan fingerprint density at radius 2 is 2.00 bits per heavy atom. The van der Waals surface area contributed by atoms with Crippen LogP contribution in [0.25, 0.3) is 0 Å². The zero-order valence-electron chi connectivity index (χ0n) is 7.24. The highest BCUT2D eigenvalue weighted by atomic mass is 16.3. The van der Waals surface area contributed by atoms with E-state index < -0.39 is 5.60 Å². The lowest BCUT2D eigenvalue weighted by Crippen LogP contribution is -2.56. The molecule has 0 aromatic rings. The van der Waals surface area contributed by atoms with Gasteiger partial charge < -0.3 is 10.2 Å². The molecule has 4 rings (SSSR count). The highest BCUT2D eigenvalue weighted by Gasteiger charge is 2.60. The Morgan fingerprint density at radius 1 is 1.17 bits per heavy atom. The SMILES string of the molecule is O[C@@H]1[C@H]2CC[C@]3(O)C(CC[C@H]13)C2. The Morgan fingerprint density at radius 3 is 2.75 bits per heavy atom. The van der Waals surface area contributed by atoms with Gasteiger partial charge in [0.1, 0.15) is 0 Å². The van der Waals surface area contributed by atoms with Gasteiger partial charge in [-0.05, 0) is 43.9 Å². The van der Waals surface area contributed by atoms with Crippen LogP contribution in [0.5, 0.6) is 0 Å². The quantitative estimate of drug-likeness (QED) is 0.564. The summed E-state index contributed by atoms with van der Waals surface area (Å²) in [6, 6.07) is 0. The van der Waals surface area contributed by atoms with Gasteiger partial charge >= 0.3 is 0 Å². The average molecular weight is 168 g/mol. The monoisotopic (exact) mass is 168 g/mol. The molecule has 0 saturated heterocycles. The summed E-state index contributed by atoms with van der Waals surface area (Å²) < 4.78 is 0. The molecule has 4 saturated carbocycles. The minimum absolute atomic E-state index is 0.192. The van der Waals surface area contributed by atoms with E-state index in [1.165, 1.54) is 0 Å².